The highest BCUT2D eigenvalue weighted by Crippen LogP contribution is 2.49. The number of fused-ring (bicyclic) bond motifs is 1. The maximum atomic E-state index is 13.2. The third kappa shape index (κ3) is 3.97. The lowest BCUT2D eigenvalue weighted by Crippen LogP contribution is -2.44. The van der Waals surface area contributed by atoms with Gasteiger partial charge < -0.3 is 14.6 Å². The first-order valence-electron chi connectivity index (χ1n) is 9.64. The molecule has 2 atom stereocenters. The Morgan fingerprint density at radius 1 is 1.31 bits per heavy atom. The maximum absolute atomic E-state index is 13.2. The number of hydrogen-bond acceptors (Lipinski definition) is 6. The molecule has 0 radical (unpaired) electrons. The van der Waals surface area contributed by atoms with Crippen LogP contribution in [0.25, 0.3) is 0 Å². The number of ketones is 1. The molecule has 1 heterocycles. The van der Waals surface area contributed by atoms with Crippen molar-refractivity contribution in [3.63, 3.8) is 0 Å². The minimum Gasteiger partial charge on any atom is -0.503 e. The van der Waals surface area contributed by atoms with Crippen molar-refractivity contribution < 1.29 is 24.2 Å². The Kier molecular flexibility index (Phi) is 5.90. The van der Waals surface area contributed by atoms with Crippen LogP contribution in [-0.2, 0) is 14.3 Å². The molecule has 29 heavy (non-hydrogen) atoms. The zero-order chi connectivity index (χ0) is 21.5. The predicted molar refractivity (Wildman–Crippen MR) is 113 cm³/mol. The number of nitrogens with zero attached hydrogens (tertiary/aromatic N) is 1. The van der Waals surface area contributed by atoms with Crippen LogP contribution in [-0.4, -0.2) is 36.3 Å². The molecule has 2 aliphatic rings. The summed E-state index contributed by atoms with van der Waals surface area (Å²) in [5, 5.41) is 10.3. The molecule has 1 aliphatic heterocycles. The monoisotopic (exact) mass is 463 g/mol. The van der Waals surface area contributed by atoms with E-state index >= 15 is 0 Å². The van der Waals surface area contributed by atoms with Crippen molar-refractivity contribution in [3.05, 3.63) is 33.4 Å². The average molecular weight is 464 g/mol. The minimum atomic E-state index is -0.547. The van der Waals surface area contributed by atoms with Crippen LogP contribution in [0.1, 0.15) is 52.0 Å². The Hall–Kier alpha value is -2.15. The van der Waals surface area contributed by atoms with Crippen molar-refractivity contribution in [2.24, 2.45) is 16.3 Å². The Morgan fingerprint density at radius 3 is 2.62 bits per heavy atom. The smallest absolute Gasteiger partial charge is 0.336 e. The molecule has 0 spiro atoms. The quantitative estimate of drug-likeness (QED) is 0.662. The molecular formula is C22H26BrNO5. The molecule has 1 N–H and O–H groups in total. The highest BCUT2D eigenvalue weighted by Gasteiger charge is 2.47. The Labute approximate surface area is 179 Å². The second-order valence-corrected chi connectivity index (χ2v) is 9.17. The fraction of sp³-hybridized carbons (Fsp3) is 0.500. The van der Waals surface area contributed by atoms with Gasteiger partial charge in [-0.3, -0.25) is 9.79 Å². The Morgan fingerprint density at radius 2 is 2.00 bits per heavy atom. The largest absolute Gasteiger partial charge is 0.503 e. The summed E-state index contributed by atoms with van der Waals surface area (Å²) in [4.78, 5) is 30.5. The first-order chi connectivity index (χ1) is 13.6. The van der Waals surface area contributed by atoms with E-state index in [2.05, 4.69) is 34.8 Å². The zero-order valence-corrected chi connectivity index (χ0v) is 18.9. The van der Waals surface area contributed by atoms with Gasteiger partial charge in [0, 0.05) is 23.7 Å². The average Bonchev–Trinajstić information content (AvgIpc) is 2.62. The van der Waals surface area contributed by atoms with Gasteiger partial charge in [0.05, 0.1) is 29.7 Å². The number of rotatable bonds is 4. The van der Waals surface area contributed by atoms with E-state index in [0.29, 0.717) is 46.5 Å². The number of aromatic hydroxyl groups is 1. The molecule has 1 fully saturated rings. The predicted octanol–water partition coefficient (Wildman–Crippen LogP) is 4.54. The number of hydrogen-bond donors (Lipinski definition) is 1. The van der Waals surface area contributed by atoms with E-state index in [9.17, 15) is 14.7 Å². The van der Waals surface area contributed by atoms with Gasteiger partial charge >= 0.3 is 5.97 Å². The van der Waals surface area contributed by atoms with Crippen molar-refractivity contribution >= 4 is 33.4 Å². The lowest BCUT2D eigenvalue weighted by atomic mass is 9.63. The normalized spacial score (nSPS) is 23.4. The van der Waals surface area contributed by atoms with Crippen LogP contribution < -0.4 is 4.74 Å². The summed E-state index contributed by atoms with van der Waals surface area (Å²) < 4.78 is 11.0. The molecule has 0 saturated heterocycles. The van der Waals surface area contributed by atoms with E-state index in [-0.39, 0.29) is 16.9 Å². The second kappa shape index (κ2) is 7.94. The van der Waals surface area contributed by atoms with Crippen molar-refractivity contribution in [2.75, 3.05) is 13.7 Å². The minimum absolute atomic E-state index is 0.0169. The van der Waals surface area contributed by atoms with Gasteiger partial charge in [-0.2, -0.15) is 0 Å². The maximum Gasteiger partial charge on any atom is 0.336 e. The second-order valence-electron chi connectivity index (χ2n) is 8.32. The van der Waals surface area contributed by atoms with Crippen LogP contribution in [0.5, 0.6) is 11.5 Å². The summed E-state index contributed by atoms with van der Waals surface area (Å²) in [5.74, 6) is -1.25. The summed E-state index contributed by atoms with van der Waals surface area (Å²) >= 11 is 3.37. The van der Waals surface area contributed by atoms with Gasteiger partial charge in [0.15, 0.2) is 11.5 Å². The number of ether oxygens (including phenoxy) is 2. The molecular weight excluding hydrogens is 438 g/mol. The number of carbonyl (C=O) groups excluding carboxylic acids is 2. The van der Waals surface area contributed by atoms with Crippen LogP contribution in [0.3, 0.4) is 0 Å². The number of esters is 1. The van der Waals surface area contributed by atoms with Crippen molar-refractivity contribution in [2.45, 2.75) is 46.5 Å². The van der Waals surface area contributed by atoms with Gasteiger partial charge in [-0.25, -0.2) is 4.79 Å². The van der Waals surface area contributed by atoms with Crippen LogP contribution in [0.4, 0.5) is 0 Å². The zero-order valence-electron chi connectivity index (χ0n) is 17.3. The molecule has 1 saturated carbocycles. The van der Waals surface area contributed by atoms with E-state index in [0.717, 1.165) is 5.71 Å². The SMILES string of the molecule is CCOc1cc([C@H]2C(C(=O)OC)=C(C)N=C3CC(C)(C)CC(=O)C32)cc(Br)c1O. The van der Waals surface area contributed by atoms with Gasteiger partial charge in [0.25, 0.3) is 0 Å². The third-order valence-electron chi connectivity index (χ3n) is 5.48. The molecule has 0 bridgehead atoms. The summed E-state index contributed by atoms with van der Waals surface area (Å²) in [6.07, 6.45) is 1.10. The van der Waals surface area contributed by atoms with Crippen molar-refractivity contribution in [1.29, 1.82) is 0 Å². The van der Waals surface area contributed by atoms with Gasteiger partial charge in [0.2, 0.25) is 0 Å². The molecule has 7 heteroatoms. The Balaban J connectivity index is 2.23. The highest BCUT2D eigenvalue weighted by atomic mass is 79.9. The van der Waals surface area contributed by atoms with Crippen LogP contribution in [0.2, 0.25) is 0 Å². The Bertz CT molecular complexity index is 931. The topological polar surface area (TPSA) is 85.2 Å². The fourth-order valence-electron chi connectivity index (χ4n) is 4.37. The van der Waals surface area contributed by atoms with Crippen LogP contribution >= 0.6 is 15.9 Å². The first kappa shape index (κ1) is 21.6. The van der Waals surface area contributed by atoms with E-state index in [4.69, 9.17) is 9.47 Å². The lowest BCUT2D eigenvalue weighted by Gasteiger charge is -2.41. The van der Waals surface area contributed by atoms with E-state index in [1.807, 2.05) is 6.92 Å². The molecule has 1 aromatic carbocycles. The number of carbonyl (C=O) groups is 2. The standard InChI is InChI=1S/C22H26BrNO5/c1-6-29-16-8-12(7-13(23)20(16)26)18-17(21(27)28-5)11(2)24-14-9-22(3,4)10-15(25)19(14)18/h7-8,18-19,26H,6,9-10H2,1-5H3/t18-,19?/m0/s1. The molecule has 0 aromatic heterocycles. The van der Waals surface area contributed by atoms with Crippen LogP contribution in [0.15, 0.2) is 32.9 Å². The first-order valence-corrected chi connectivity index (χ1v) is 10.4. The van der Waals surface area contributed by atoms with Gasteiger partial charge in [-0.15, -0.1) is 0 Å². The molecule has 0 amide bonds. The molecule has 1 aliphatic carbocycles. The van der Waals surface area contributed by atoms with Crippen LogP contribution in [0, 0.1) is 11.3 Å². The number of allylic oxidation sites excluding steroid dienone is 1. The number of phenolic OH excluding ortho intramolecular Hbond substituents is 1. The summed E-state index contributed by atoms with van der Waals surface area (Å²) in [5.41, 5.74) is 2.24. The van der Waals surface area contributed by atoms with Crippen molar-refractivity contribution in [1.82, 2.24) is 0 Å². The molecule has 1 unspecified atom stereocenters. The fourth-order valence-corrected chi connectivity index (χ4v) is 4.83. The third-order valence-corrected chi connectivity index (χ3v) is 6.08. The van der Waals surface area contributed by atoms with Gasteiger partial charge in [-0.1, -0.05) is 13.8 Å². The number of Topliss-reactive ketones (excluding diaryl/α,β-unsaturated/α-hetero) is 1. The highest BCUT2D eigenvalue weighted by molar-refractivity contribution is 9.10. The van der Waals surface area contributed by atoms with Gasteiger partial charge in [0.1, 0.15) is 5.78 Å². The number of halogens is 1. The number of methoxy groups -OCH3 is 1. The summed E-state index contributed by atoms with van der Waals surface area (Å²) in [6.45, 7) is 8.07. The summed E-state index contributed by atoms with van der Waals surface area (Å²) in [7, 11) is 1.32. The molecule has 6 nitrogen and oxygen atoms in total. The van der Waals surface area contributed by atoms with E-state index in [1.165, 1.54) is 7.11 Å². The summed E-state index contributed by atoms with van der Waals surface area (Å²) in [6, 6.07) is 3.43. The molecule has 1 aromatic rings. The van der Waals surface area contributed by atoms with E-state index in [1.54, 1.807) is 19.1 Å². The van der Waals surface area contributed by atoms with E-state index < -0.39 is 17.8 Å². The number of benzene rings is 1. The lowest BCUT2D eigenvalue weighted by molar-refractivity contribution is -0.136. The number of aliphatic imine (C=N–C) groups is 1. The number of phenols is 1. The molecule has 156 valence electrons. The van der Waals surface area contributed by atoms with Gasteiger partial charge in [-0.05, 0) is 59.3 Å². The molecule has 3 rings (SSSR count). The van der Waals surface area contributed by atoms with Crippen molar-refractivity contribution in [3.8, 4) is 11.5 Å².